The Bertz CT molecular complexity index is 1970. The molecule has 4 aliphatic heterocycles. The van der Waals surface area contributed by atoms with Gasteiger partial charge in [-0.1, -0.05) is 120 Å². The van der Waals surface area contributed by atoms with Crippen LogP contribution in [-0.2, 0) is 47.2 Å². The molecule has 13 atom stereocenters. The molecule has 10 rings (SSSR count). The average molecular weight is 828 g/mol. The van der Waals surface area contributed by atoms with E-state index in [1.54, 1.807) is 0 Å². The van der Waals surface area contributed by atoms with Crippen LogP contribution in [0.3, 0.4) is 0 Å². The van der Waals surface area contributed by atoms with Gasteiger partial charge in [-0.15, -0.1) is 0 Å². The molecule has 2 N–H and O–H groups in total. The molecule has 4 saturated heterocycles. The number of carbonyl (C=O) groups excluding carboxylic acids is 3. The summed E-state index contributed by atoms with van der Waals surface area (Å²) in [5.74, 6) is -4.39. The molecule has 4 aliphatic carbocycles. The normalized spacial score (nSPS) is 41.2. The second kappa shape index (κ2) is 14.2. The molecule has 0 radical (unpaired) electrons. The Labute approximate surface area is 349 Å². The number of carbonyl (C=O) groups is 3. The summed E-state index contributed by atoms with van der Waals surface area (Å²) in [5, 5.41) is 0. The van der Waals surface area contributed by atoms with Gasteiger partial charge in [-0.3, -0.25) is 14.3 Å². The van der Waals surface area contributed by atoms with Crippen molar-refractivity contribution in [3.63, 3.8) is 0 Å². The van der Waals surface area contributed by atoms with E-state index in [4.69, 9.17) is 38.6 Å². The van der Waals surface area contributed by atoms with Crippen molar-refractivity contribution in [2.75, 3.05) is 13.2 Å². The van der Waals surface area contributed by atoms with Gasteiger partial charge < -0.3 is 38.6 Å². The zero-order valence-corrected chi connectivity index (χ0v) is 36.8. The van der Waals surface area contributed by atoms with Crippen LogP contribution in [0.15, 0.2) is 72.3 Å². The summed E-state index contributed by atoms with van der Waals surface area (Å²) in [6, 6.07) is 19.7. The van der Waals surface area contributed by atoms with Crippen molar-refractivity contribution >= 4 is 27.2 Å². The molecule has 4 heterocycles. The van der Waals surface area contributed by atoms with Crippen LogP contribution < -0.4 is 5.73 Å². The minimum absolute atomic E-state index is 0.0189. The number of nitrogens with two attached hydrogens (primary N) is 1. The summed E-state index contributed by atoms with van der Waals surface area (Å²) in [6.07, 6.45) is 3.66. The first-order valence-electron chi connectivity index (χ1n) is 21.8. The number of hydrogen-bond donors (Lipinski definition) is 1. The molecule has 8 bridgehead atoms. The lowest BCUT2D eigenvalue weighted by molar-refractivity contribution is -0.491. The Morgan fingerprint density at radius 1 is 0.966 bits per heavy atom. The number of primary amides is 1. The molecule has 59 heavy (non-hydrogen) atoms. The molecule has 3 saturated carbocycles. The number of aldehydes is 1. The van der Waals surface area contributed by atoms with E-state index in [-0.39, 0.29) is 42.9 Å². The second-order valence-electron chi connectivity index (χ2n) is 20.3. The Hall–Kier alpha value is -3.23. The number of allylic oxidation sites excluding steroid dienone is 1. The minimum atomic E-state index is -1.83. The fraction of sp³-hybridized carbons (Fsp3) is 0.638. The highest BCUT2D eigenvalue weighted by atomic mass is 28.3. The predicted molar refractivity (Wildman–Crippen MR) is 219 cm³/mol. The molecule has 8 aliphatic rings. The van der Waals surface area contributed by atoms with Crippen LogP contribution in [-0.4, -0.2) is 70.7 Å². The molecule has 13 unspecified atom stereocenters. The van der Waals surface area contributed by atoms with Gasteiger partial charge in [-0.25, -0.2) is 0 Å². The summed E-state index contributed by atoms with van der Waals surface area (Å²) in [6.45, 7) is 16.6. The van der Waals surface area contributed by atoms with Gasteiger partial charge in [-0.2, -0.15) is 0 Å². The molecule has 11 nitrogen and oxygen atoms in total. The zero-order chi connectivity index (χ0) is 41.9. The third-order valence-corrected chi connectivity index (χ3v) is 16.2. The van der Waals surface area contributed by atoms with Gasteiger partial charge in [0.25, 0.3) is 5.97 Å². The topological polar surface area (TPSA) is 142 Å². The molecule has 7 fully saturated rings. The fourth-order valence-electron chi connectivity index (χ4n) is 13.5. The molecule has 1 amide bonds. The van der Waals surface area contributed by atoms with Crippen molar-refractivity contribution in [2.24, 2.45) is 62.9 Å². The van der Waals surface area contributed by atoms with Crippen LogP contribution in [0.1, 0.15) is 84.5 Å². The number of ether oxygens (including phenoxy) is 6. The van der Waals surface area contributed by atoms with E-state index < -0.39 is 78.9 Å². The van der Waals surface area contributed by atoms with Gasteiger partial charge in [-0.05, 0) is 78.5 Å². The number of amides is 1. The third-order valence-electron chi connectivity index (χ3n) is 15.4. The second-order valence-corrected chi connectivity index (χ2v) is 22.6. The summed E-state index contributed by atoms with van der Waals surface area (Å²) >= 11 is 0. The lowest BCUT2D eigenvalue weighted by Crippen LogP contribution is -2.66. The first-order valence-corrected chi connectivity index (χ1v) is 24.5. The molecule has 318 valence electrons. The van der Waals surface area contributed by atoms with Crippen LogP contribution in [0.4, 0.5) is 0 Å². The summed E-state index contributed by atoms with van der Waals surface area (Å²) in [5.41, 5.74) is 4.52. The standard InChI is InChI=1S/C47H61NO10Si/c1-27(2)34-21-31-22-43(25-49)33-20-19-28(3)32(33)23-44(31,45(34,43)41(51)54-36(29-15-11-9-12-16-29)30-17-13-10-14-18-30)26-53-46-39(42(4,5)6)37-38(52-24-35(48)50)40(56-46)47(55-37,57-46)58-59(7)8/h9-18,21,25,27-28,31-33,36-40,59H,19-20,22-24,26H2,1-8H3,(H2,48,50). The Balaban J connectivity index is 1.18. The lowest BCUT2D eigenvalue weighted by Gasteiger charge is -2.59. The van der Waals surface area contributed by atoms with Crippen molar-refractivity contribution in [3.05, 3.63) is 83.4 Å². The smallest absolute Gasteiger partial charge is 0.318 e. The summed E-state index contributed by atoms with van der Waals surface area (Å²) in [4.78, 5) is 42.5. The average Bonchev–Trinajstić information content (AvgIpc) is 3.88. The van der Waals surface area contributed by atoms with Crippen molar-refractivity contribution < 1.29 is 47.2 Å². The van der Waals surface area contributed by atoms with Gasteiger partial charge >= 0.3 is 11.9 Å². The number of benzene rings is 2. The van der Waals surface area contributed by atoms with Crippen molar-refractivity contribution in [3.8, 4) is 0 Å². The molecular weight excluding hydrogens is 767 g/mol. The van der Waals surface area contributed by atoms with Crippen molar-refractivity contribution in [1.29, 1.82) is 0 Å². The van der Waals surface area contributed by atoms with Crippen LogP contribution in [0, 0.1) is 57.2 Å². The first-order chi connectivity index (χ1) is 28.0. The van der Waals surface area contributed by atoms with E-state index in [2.05, 4.69) is 47.6 Å². The van der Waals surface area contributed by atoms with E-state index in [9.17, 15) is 9.59 Å². The minimum Gasteiger partial charge on any atom is -0.452 e. The highest BCUT2D eigenvalue weighted by Crippen LogP contribution is 2.83. The molecular formula is C47H61NO10Si. The van der Waals surface area contributed by atoms with Crippen molar-refractivity contribution in [2.45, 2.75) is 117 Å². The van der Waals surface area contributed by atoms with Gasteiger partial charge in [0.15, 0.2) is 21.2 Å². The molecule has 2 aromatic carbocycles. The van der Waals surface area contributed by atoms with Crippen LogP contribution in [0.5, 0.6) is 0 Å². The predicted octanol–water partition coefficient (Wildman–Crippen LogP) is 6.84. The SMILES string of the molecule is CC(C)C1=CC2CC3(C=O)C4CCC(C)C4CC2(COC24OC5C(OCC(N)=O)C(OC5(O[SiH](C)C)O2)C4C(C)(C)C)C13C(=O)OC(c1ccccc1)c1ccccc1. The molecule has 0 spiro atoms. The van der Waals surface area contributed by atoms with E-state index in [1.807, 2.05) is 73.8 Å². The quantitative estimate of drug-likeness (QED) is 0.0931. The lowest BCUT2D eigenvalue weighted by atomic mass is 9.43. The third kappa shape index (κ3) is 5.69. The van der Waals surface area contributed by atoms with Gasteiger partial charge in [0.1, 0.15) is 30.5 Å². The Morgan fingerprint density at radius 2 is 1.63 bits per heavy atom. The maximum atomic E-state index is 16.2. The molecule has 12 heteroatoms. The van der Waals surface area contributed by atoms with Crippen molar-refractivity contribution in [1.82, 2.24) is 0 Å². The maximum Gasteiger partial charge on any atom is 0.318 e. The Morgan fingerprint density at radius 3 is 2.20 bits per heavy atom. The fourth-order valence-corrected chi connectivity index (χ4v) is 14.4. The highest BCUT2D eigenvalue weighted by molar-refractivity contribution is 6.48. The highest BCUT2D eigenvalue weighted by Gasteiger charge is 2.86. The van der Waals surface area contributed by atoms with Crippen LogP contribution in [0.2, 0.25) is 13.1 Å². The monoisotopic (exact) mass is 827 g/mol. The van der Waals surface area contributed by atoms with E-state index >= 15 is 4.79 Å². The zero-order valence-electron chi connectivity index (χ0n) is 35.7. The summed E-state index contributed by atoms with van der Waals surface area (Å²) in [7, 11) is -1.83. The van der Waals surface area contributed by atoms with E-state index in [0.717, 1.165) is 35.8 Å². The molecule has 0 aromatic heterocycles. The maximum absolute atomic E-state index is 16.2. The van der Waals surface area contributed by atoms with Gasteiger partial charge in [0.05, 0.1) is 17.9 Å². The van der Waals surface area contributed by atoms with E-state index in [1.165, 1.54) is 0 Å². The van der Waals surface area contributed by atoms with Crippen LogP contribution >= 0.6 is 0 Å². The Kier molecular flexibility index (Phi) is 9.87. The number of fused-ring (bicyclic) bond motifs is 2. The van der Waals surface area contributed by atoms with Crippen LogP contribution in [0.25, 0.3) is 0 Å². The van der Waals surface area contributed by atoms with Gasteiger partial charge in [0.2, 0.25) is 5.91 Å². The molecule has 2 aromatic rings. The number of hydrogen-bond acceptors (Lipinski definition) is 10. The summed E-state index contributed by atoms with van der Waals surface area (Å²) < 4.78 is 47.7. The van der Waals surface area contributed by atoms with Gasteiger partial charge in [0, 0.05) is 5.41 Å². The number of esters is 1. The largest absolute Gasteiger partial charge is 0.452 e. The van der Waals surface area contributed by atoms with E-state index in [0.29, 0.717) is 18.8 Å². The number of rotatable bonds is 14. The first kappa shape index (κ1) is 41.1.